The molecule has 43 heavy (non-hydrogen) atoms. The molecule has 3 aromatic carbocycles. The van der Waals surface area contributed by atoms with Gasteiger partial charge in [-0.15, -0.1) is 0 Å². The largest absolute Gasteiger partial charge is 0.489 e. The molecule has 2 atom stereocenters. The van der Waals surface area contributed by atoms with Crippen LogP contribution in [0.2, 0.25) is 0 Å². The third-order valence-electron chi connectivity index (χ3n) is 8.12. The smallest absolute Gasteiger partial charge is 0.416 e. The summed E-state index contributed by atoms with van der Waals surface area (Å²) in [6.45, 7) is 6.48. The van der Waals surface area contributed by atoms with Crippen molar-refractivity contribution in [1.82, 2.24) is 9.13 Å². The van der Waals surface area contributed by atoms with Gasteiger partial charge in [0.1, 0.15) is 29.8 Å². The van der Waals surface area contributed by atoms with Crippen molar-refractivity contribution < 1.29 is 31.8 Å². The SMILES string of the molecule is Cc1cccc(F)c1N1CC[C@@H](n2c(=O)n(Cc3ccccc3C(F)(F)F)c3c(OCC4COC(C)(C)O4)cccc32)C1. The van der Waals surface area contributed by atoms with E-state index in [9.17, 15) is 22.4 Å². The molecule has 0 aliphatic carbocycles. The number of hydrogen-bond donors (Lipinski definition) is 0. The molecule has 0 amide bonds. The molecular formula is C32H33F4N3O4. The van der Waals surface area contributed by atoms with Gasteiger partial charge in [-0.3, -0.25) is 9.13 Å². The normalized spacial score (nSPS) is 20.3. The number of alkyl halides is 3. The van der Waals surface area contributed by atoms with Crippen molar-refractivity contribution in [2.45, 2.75) is 57.8 Å². The van der Waals surface area contributed by atoms with E-state index >= 15 is 0 Å². The number of ether oxygens (including phenoxy) is 3. The van der Waals surface area contributed by atoms with E-state index in [1.165, 1.54) is 28.8 Å². The van der Waals surface area contributed by atoms with Crippen LogP contribution in [0.15, 0.2) is 65.5 Å². The molecule has 1 unspecified atom stereocenters. The minimum absolute atomic E-state index is 0.0322. The number of rotatable bonds is 7. The van der Waals surface area contributed by atoms with Gasteiger partial charge in [0, 0.05) is 13.1 Å². The number of fused-ring (bicyclic) bond motifs is 1. The number of imidazole rings is 1. The molecule has 11 heteroatoms. The topological polar surface area (TPSA) is 57.9 Å². The zero-order chi connectivity index (χ0) is 30.5. The maximum absolute atomic E-state index is 14.8. The summed E-state index contributed by atoms with van der Waals surface area (Å²) in [5.41, 5.74) is 0.915. The monoisotopic (exact) mass is 599 g/mol. The van der Waals surface area contributed by atoms with Crippen LogP contribution < -0.4 is 15.3 Å². The van der Waals surface area contributed by atoms with Crippen molar-refractivity contribution >= 4 is 16.7 Å². The molecule has 6 rings (SSSR count). The van der Waals surface area contributed by atoms with Gasteiger partial charge in [0.15, 0.2) is 5.79 Å². The molecule has 3 heterocycles. The first-order valence-corrected chi connectivity index (χ1v) is 14.3. The lowest BCUT2D eigenvalue weighted by Gasteiger charge is -2.22. The molecule has 0 bridgehead atoms. The van der Waals surface area contributed by atoms with Gasteiger partial charge in [0.05, 0.1) is 36.0 Å². The van der Waals surface area contributed by atoms with Crippen LogP contribution in [0.25, 0.3) is 11.0 Å². The molecule has 7 nitrogen and oxygen atoms in total. The molecule has 2 aliphatic rings. The Hall–Kier alpha value is -3.83. The van der Waals surface area contributed by atoms with Gasteiger partial charge < -0.3 is 19.1 Å². The van der Waals surface area contributed by atoms with E-state index in [0.717, 1.165) is 11.6 Å². The number of aromatic nitrogens is 2. The lowest BCUT2D eigenvalue weighted by Crippen LogP contribution is -2.30. The van der Waals surface area contributed by atoms with Gasteiger partial charge in [-0.1, -0.05) is 36.4 Å². The highest BCUT2D eigenvalue weighted by atomic mass is 19.4. The first-order valence-electron chi connectivity index (χ1n) is 14.3. The molecule has 2 saturated heterocycles. The number of hydrogen-bond acceptors (Lipinski definition) is 5. The van der Waals surface area contributed by atoms with Crippen LogP contribution in [-0.4, -0.2) is 47.3 Å². The Kier molecular flexibility index (Phi) is 7.50. The van der Waals surface area contributed by atoms with Crippen LogP contribution in [0.4, 0.5) is 23.2 Å². The highest BCUT2D eigenvalue weighted by molar-refractivity contribution is 5.83. The Morgan fingerprint density at radius 3 is 2.53 bits per heavy atom. The van der Waals surface area contributed by atoms with E-state index in [4.69, 9.17) is 14.2 Å². The molecule has 2 fully saturated rings. The Morgan fingerprint density at radius 1 is 1.05 bits per heavy atom. The van der Waals surface area contributed by atoms with Crippen LogP contribution >= 0.6 is 0 Å². The number of benzene rings is 3. The second kappa shape index (κ2) is 11.0. The summed E-state index contributed by atoms with van der Waals surface area (Å²) >= 11 is 0. The predicted molar refractivity (Wildman–Crippen MR) is 154 cm³/mol. The first-order chi connectivity index (χ1) is 20.4. The van der Waals surface area contributed by atoms with Gasteiger partial charge >= 0.3 is 11.9 Å². The summed E-state index contributed by atoms with van der Waals surface area (Å²) in [4.78, 5) is 16.1. The minimum atomic E-state index is -4.59. The fraction of sp³-hybridized carbons (Fsp3) is 0.406. The lowest BCUT2D eigenvalue weighted by molar-refractivity contribution is -0.141. The average Bonchev–Trinajstić information content (AvgIpc) is 3.63. The van der Waals surface area contributed by atoms with Crippen LogP contribution in [0.3, 0.4) is 0 Å². The summed E-state index contributed by atoms with van der Waals surface area (Å²) < 4.78 is 77.3. The second-order valence-corrected chi connectivity index (χ2v) is 11.6. The van der Waals surface area contributed by atoms with E-state index in [2.05, 4.69) is 0 Å². The van der Waals surface area contributed by atoms with Crippen LogP contribution in [0, 0.1) is 12.7 Å². The first kappa shape index (κ1) is 29.3. The summed E-state index contributed by atoms with van der Waals surface area (Å²) in [5.74, 6) is -0.736. The standard InChI is InChI=1S/C32H33F4N3O4/c1-20-8-6-11-25(33)28(20)37-15-14-22(17-37)39-26-12-7-13-27(41-18-23-19-42-31(2,3)43-23)29(26)38(30(39)40)16-21-9-4-5-10-24(21)32(34,35)36/h4-13,22-23H,14-19H2,1-3H3/t22-,23?/m1/s1. The van der Waals surface area contributed by atoms with Gasteiger partial charge in [-0.2, -0.15) is 13.2 Å². The van der Waals surface area contributed by atoms with Crippen molar-refractivity contribution in [3.8, 4) is 5.75 Å². The van der Waals surface area contributed by atoms with Gasteiger partial charge in [0.25, 0.3) is 0 Å². The average molecular weight is 600 g/mol. The fourth-order valence-electron chi connectivity index (χ4n) is 6.23. The number of nitrogens with zero attached hydrogens (tertiary/aromatic N) is 3. The van der Waals surface area contributed by atoms with E-state index in [-0.39, 0.29) is 36.7 Å². The third-order valence-corrected chi connectivity index (χ3v) is 8.12. The van der Waals surface area contributed by atoms with Gasteiger partial charge in [-0.25, -0.2) is 9.18 Å². The van der Waals surface area contributed by atoms with Crippen molar-refractivity contribution in [3.05, 3.63) is 93.7 Å². The maximum Gasteiger partial charge on any atom is 0.416 e. The summed E-state index contributed by atoms with van der Waals surface area (Å²) in [6.07, 6.45) is -4.39. The molecule has 0 radical (unpaired) electrons. The van der Waals surface area contributed by atoms with E-state index in [1.54, 1.807) is 42.7 Å². The number of aryl methyl sites for hydroxylation is 1. The van der Waals surface area contributed by atoms with Gasteiger partial charge in [-0.05, 0) is 62.6 Å². The van der Waals surface area contributed by atoms with E-state index in [0.29, 0.717) is 48.6 Å². The lowest BCUT2D eigenvalue weighted by atomic mass is 10.1. The van der Waals surface area contributed by atoms with Crippen LogP contribution in [0.1, 0.15) is 43.0 Å². The maximum atomic E-state index is 14.8. The van der Waals surface area contributed by atoms with Crippen molar-refractivity contribution in [2.24, 2.45) is 0 Å². The molecule has 0 spiro atoms. The summed E-state index contributed by atoms with van der Waals surface area (Å²) in [5, 5.41) is 0. The van der Waals surface area contributed by atoms with Crippen LogP contribution in [-0.2, 0) is 22.2 Å². The third kappa shape index (κ3) is 5.63. The quantitative estimate of drug-likeness (QED) is 0.234. The van der Waals surface area contributed by atoms with E-state index in [1.807, 2.05) is 17.9 Å². The van der Waals surface area contributed by atoms with Crippen LogP contribution in [0.5, 0.6) is 5.75 Å². The highest BCUT2D eigenvalue weighted by Crippen LogP contribution is 2.36. The minimum Gasteiger partial charge on any atom is -0.489 e. The zero-order valence-electron chi connectivity index (χ0n) is 24.2. The zero-order valence-corrected chi connectivity index (χ0v) is 24.2. The molecule has 228 valence electrons. The predicted octanol–water partition coefficient (Wildman–Crippen LogP) is 6.30. The highest BCUT2D eigenvalue weighted by Gasteiger charge is 2.36. The number of para-hydroxylation sites is 2. The number of halogens is 4. The van der Waals surface area contributed by atoms with Crippen molar-refractivity contribution in [1.29, 1.82) is 0 Å². The molecule has 4 aromatic rings. The Labute approximate surface area is 246 Å². The molecule has 1 aromatic heterocycles. The molecule has 0 N–H and O–H groups in total. The van der Waals surface area contributed by atoms with Crippen molar-refractivity contribution in [3.63, 3.8) is 0 Å². The summed E-state index contributed by atoms with van der Waals surface area (Å²) in [7, 11) is 0. The summed E-state index contributed by atoms with van der Waals surface area (Å²) in [6, 6.07) is 15.0. The van der Waals surface area contributed by atoms with Crippen molar-refractivity contribution in [2.75, 3.05) is 31.2 Å². The Balaban J connectivity index is 1.42. The molecular weight excluding hydrogens is 566 g/mol. The Morgan fingerprint density at radius 2 is 1.81 bits per heavy atom. The van der Waals surface area contributed by atoms with Gasteiger partial charge in [0.2, 0.25) is 0 Å². The second-order valence-electron chi connectivity index (χ2n) is 11.6. The molecule has 0 saturated carbocycles. The molecule has 2 aliphatic heterocycles. The fourth-order valence-corrected chi connectivity index (χ4v) is 6.23. The number of anilines is 1. The Bertz CT molecular complexity index is 1690. The van der Waals surface area contributed by atoms with E-state index < -0.39 is 23.2 Å².